The molecule has 1 aliphatic rings. The number of hydrogen-bond donors (Lipinski definition) is 1. The van der Waals surface area contributed by atoms with E-state index in [1.807, 2.05) is 0 Å². The fraction of sp³-hybridized carbons (Fsp3) is 0.857. The summed E-state index contributed by atoms with van der Waals surface area (Å²) in [6.07, 6.45) is 0.541. The summed E-state index contributed by atoms with van der Waals surface area (Å²) >= 11 is 0. The molecular formula is C7H12FNO2. The number of alkyl halides is 1. The zero-order valence-electron chi connectivity index (χ0n) is 6.25. The Morgan fingerprint density at radius 1 is 1.36 bits per heavy atom. The lowest BCUT2D eigenvalue weighted by Gasteiger charge is -2.23. The van der Waals surface area contributed by atoms with Crippen molar-refractivity contribution in [2.24, 2.45) is 5.73 Å². The second kappa shape index (κ2) is 3.55. The van der Waals surface area contributed by atoms with Crippen molar-refractivity contribution in [1.82, 2.24) is 0 Å². The molecule has 1 fully saturated rings. The predicted octanol–water partition coefficient (Wildman–Crippen LogP) is 1.36. The normalized spacial score (nSPS) is 31.4. The van der Waals surface area contributed by atoms with Gasteiger partial charge in [-0.05, 0) is 25.7 Å². The zero-order valence-corrected chi connectivity index (χ0v) is 6.25. The first-order chi connectivity index (χ1) is 5.18. The first-order valence-electron chi connectivity index (χ1n) is 3.78. The molecular weight excluding hydrogens is 149 g/mol. The van der Waals surface area contributed by atoms with Gasteiger partial charge in [0.15, 0.2) is 0 Å². The molecule has 64 valence electrons. The van der Waals surface area contributed by atoms with Crippen molar-refractivity contribution in [3.63, 3.8) is 0 Å². The van der Waals surface area contributed by atoms with Crippen molar-refractivity contribution in [2.75, 3.05) is 0 Å². The Balaban J connectivity index is 2.22. The van der Waals surface area contributed by atoms with E-state index in [1.54, 1.807) is 0 Å². The van der Waals surface area contributed by atoms with Crippen LogP contribution in [0.2, 0.25) is 0 Å². The van der Waals surface area contributed by atoms with Crippen molar-refractivity contribution in [3.8, 4) is 0 Å². The highest BCUT2D eigenvalue weighted by Crippen LogP contribution is 2.22. The van der Waals surface area contributed by atoms with Gasteiger partial charge >= 0.3 is 6.09 Å². The van der Waals surface area contributed by atoms with Gasteiger partial charge in [0.2, 0.25) is 0 Å². The van der Waals surface area contributed by atoms with Crippen LogP contribution in [0.15, 0.2) is 0 Å². The van der Waals surface area contributed by atoms with E-state index in [9.17, 15) is 9.18 Å². The standard InChI is InChI=1S/C7H12FNO2/c8-5-1-3-6(4-2-5)11-7(9)10/h5-6H,1-4H2,(H2,9,10)/t5-,6-. The molecule has 0 heterocycles. The first-order valence-corrected chi connectivity index (χ1v) is 3.78. The van der Waals surface area contributed by atoms with E-state index < -0.39 is 12.3 Å². The van der Waals surface area contributed by atoms with E-state index in [4.69, 9.17) is 10.5 Å². The van der Waals surface area contributed by atoms with Crippen molar-refractivity contribution in [1.29, 1.82) is 0 Å². The number of carbonyl (C=O) groups is 1. The number of carbonyl (C=O) groups excluding carboxylic acids is 1. The Hall–Kier alpha value is -0.800. The molecule has 11 heavy (non-hydrogen) atoms. The number of rotatable bonds is 1. The highest BCUT2D eigenvalue weighted by atomic mass is 19.1. The molecule has 0 aromatic heterocycles. The molecule has 0 bridgehead atoms. The van der Waals surface area contributed by atoms with Gasteiger partial charge in [0.05, 0.1) is 0 Å². The monoisotopic (exact) mass is 161 g/mol. The lowest BCUT2D eigenvalue weighted by atomic mass is 9.96. The van der Waals surface area contributed by atoms with E-state index in [0.717, 1.165) is 0 Å². The molecule has 3 nitrogen and oxygen atoms in total. The maximum atomic E-state index is 12.5. The van der Waals surface area contributed by atoms with Gasteiger partial charge in [-0.15, -0.1) is 0 Å². The Morgan fingerprint density at radius 2 is 1.91 bits per heavy atom. The van der Waals surface area contributed by atoms with Crippen LogP contribution in [-0.4, -0.2) is 18.4 Å². The van der Waals surface area contributed by atoms with Crippen LogP contribution in [0.4, 0.5) is 9.18 Å². The second-order valence-electron chi connectivity index (χ2n) is 2.81. The number of ether oxygens (including phenoxy) is 1. The molecule has 0 radical (unpaired) electrons. The van der Waals surface area contributed by atoms with Crippen LogP contribution < -0.4 is 5.73 Å². The Kier molecular flexibility index (Phi) is 2.68. The fourth-order valence-electron chi connectivity index (χ4n) is 1.30. The highest BCUT2D eigenvalue weighted by molar-refractivity contribution is 5.64. The molecule has 1 aliphatic carbocycles. The third-order valence-electron chi connectivity index (χ3n) is 1.89. The van der Waals surface area contributed by atoms with Crippen LogP contribution in [0.3, 0.4) is 0 Å². The van der Waals surface area contributed by atoms with E-state index >= 15 is 0 Å². The molecule has 0 spiro atoms. The summed E-state index contributed by atoms with van der Waals surface area (Å²) < 4.78 is 17.2. The minimum Gasteiger partial charge on any atom is -0.446 e. The highest BCUT2D eigenvalue weighted by Gasteiger charge is 2.22. The van der Waals surface area contributed by atoms with E-state index in [2.05, 4.69) is 0 Å². The van der Waals surface area contributed by atoms with Gasteiger partial charge in [0.1, 0.15) is 12.3 Å². The summed E-state index contributed by atoms with van der Waals surface area (Å²) in [6.45, 7) is 0. The quantitative estimate of drug-likeness (QED) is 0.631. The SMILES string of the molecule is NC(=O)O[C@H]1CC[C@H](F)CC1. The van der Waals surface area contributed by atoms with E-state index in [-0.39, 0.29) is 6.10 Å². The Bertz CT molecular complexity index is 143. The molecule has 1 saturated carbocycles. The van der Waals surface area contributed by atoms with Gasteiger partial charge in [-0.25, -0.2) is 9.18 Å². The maximum absolute atomic E-state index is 12.5. The third-order valence-corrected chi connectivity index (χ3v) is 1.89. The number of hydrogen-bond acceptors (Lipinski definition) is 2. The summed E-state index contributed by atoms with van der Waals surface area (Å²) in [7, 11) is 0. The predicted molar refractivity (Wildman–Crippen MR) is 37.8 cm³/mol. The molecule has 0 aromatic carbocycles. The average molecular weight is 161 g/mol. The number of amides is 1. The Morgan fingerprint density at radius 3 is 2.36 bits per heavy atom. The van der Waals surface area contributed by atoms with Crippen molar-refractivity contribution >= 4 is 6.09 Å². The van der Waals surface area contributed by atoms with Gasteiger partial charge in [0, 0.05) is 0 Å². The summed E-state index contributed by atoms with van der Waals surface area (Å²) in [5.41, 5.74) is 4.80. The van der Waals surface area contributed by atoms with Crippen molar-refractivity contribution < 1.29 is 13.9 Å². The Labute approximate surface area is 64.7 Å². The lowest BCUT2D eigenvalue weighted by Crippen LogP contribution is -2.27. The van der Waals surface area contributed by atoms with Gasteiger partial charge in [0.25, 0.3) is 0 Å². The lowest BCUT2D eigenvalue weighted by molar-refractivity contribution is 0.0634. The van der Waals surface area contributed by atoms with Crippen molar-refractivity contribution in [3.05, 3.63) is 0 Å². The van der Waals surface area contributed by atoms with Crippen LogP contribution in [0.25, 0.3) is 0 Å². The van der Waals surface area contributed by atoms with E-state index in [1.165, 1.54) is 0 Å². The molecule has 4 heteroatoms. The summed E-state index contributed by atoms with van der Waals surface area (Å²) in [4.78, 5) is 10.3. The summed E-state index contributed by atoms with van der Waals surface area (Å²) in [5, 5.41) is 0. The molecule has 0 unspecified atom stereocenters. The van der Waals surface area contributed by atoms with Crippen LogP contribution in [0, 0.1) is 0 Å². The van der Waals surface area contributed by atoms with Crippen LogP contribution in [-0.2, 0) is 4.74 Å². The molecule has 0 saturated heterocycles. The summed E-state index contributed by atoms with van der Waals surface area (Å²) in [6, 6.07) is 0. The van der Waals surface area contributed by atoms with Gasteiger partial charge in [-0.3, -0.25) is 0 Å². The molecule has 2 N–H and O–H groups in total. The van der Waals surface area contributed by atoms with Crippen LogP contribution in [0.5, 0.6) is 0 Å². The first kappa shape index (κ1) is 8.30. The second-order valence-corrected chi connectivity index (χ2v) is 2.81. The molecule has 1 rings (SSSR count). The number of halogens is 1. The van der Waals surface area contributed by atoms with E-state index in [0.29, 0.717) is 25.7 Å². The molecule has 0 atom stereocenters. The van der Waals surface area contributed by atoms with Crippen molar-refractivity contribution in [2.45, 2.75) is 38.0 Å². The van der Waals surface area contributed by atoms with Gasteiger partial charge in [-0.1, -0.05) is 0 Å². The summed E-state index contributed by atoms with van der Waals surface area (Å²) in [5.74, 6) is 0. The molecule has 0 aromatic rings. The van der Waals surface area contributed by atoms with Gasteiger partial charge < -0.3 is 10.5 Å². The largest absolute Gasteiger partial charge is 0.446 e. The third kappa shape index (κ3) is 2.74. The maximum Gasteiger partial charge on any atom is 0.404 e. The number of primary amides is 1. The van der Waals surface area contributed by atoms with Gasteiger partial charge in [-0.2, -0.15) is 0 Å². The topological polar surface area (TPSA) is 52.3 Å². The van der Waals surface area contributed by atoms with Crippen LogP contribution >= 0.6 is 0 Å². The average Bonchev–Trinajstić information content (AvgIpc) is 1.93. The minimum absolute atomic E-state index is 0.153. The molecule has 1 amide bonds. The fourth-order valence-corrected chi connectivity index (χ4v) is 1.30. The zero-order chi connectivity index (χ0) is 8.27. The number of nitrogens with two attached hydrogens (primary N) is 1. The van der Waals surface area contributed by atoms with Crippen LogP contribution in [0.1, 0.15) is 25.7 Å². The molecule has 0 aliphatic heterocycles. The smallest absolute Gasteiger partial charge is 0.404 e. The minimum atomic E-state index is -0.757.